The van der Waals surface area contributed by atoms with Crippen LogP contribution in [0.2, 0.25) is 0 Å². The molecule has 8 heteroatoms. The molecule has 144 valence electrons. The third-order valence-corrected chi connectivity index (χ3v) is 4.65. The van der Waals surface area contributed by atoms with Gasteiger partial charge in [-0.3, -0.25) is 14.4 Å². The Labute approximate surface area is 161 Å². The van der Waals surface area contributed by atoms with Gasteiger partial charge in [0, 0.05) is 6.54 Å². The van der Waals surface area contributed by atoms with Crippen molar-refractivity contribution in [1.82, 2.24) is 10.6 Å². The molecule has 0 bridgehead atoms. The molecule has 2 aliphatic heterocycles. The standard InChI is InChI=1S/C20H19N3O5/c1-12-20(26)23(15-5-3-2-4-14(15)19(25)22-12)10-18(24)21-9-13-6-7-16-17(8-13)28-11-27-16/h2-8,12H,9-11H2,1H3,(H,21,24)(H,22,25). The first-order chi connectivity index (χ1) is 13.5. The minimum Gasteiger partial charge on any atom is -0.454 e. The number of para-hydroxylation sites is 1. The van der Waals surface area contributed by atoms with E-state index >= 15 is 0 Å². The van der Waals surface area contributed by atoms with Crippen LogP contribution in [-0.4, -0.2) is 37.1 Å². The number of carbonyl (C=O) groups excluding carboxylic acids is 3. The van der Waals surface area contributed by atoms with Crippen LogP contribution in [0.5, 0.6) is 11.5 Å². The summed E-state index contributed by atoms with van der Waals surface area (Å²) in [6, 6.07) is 11.5. The van der Waals surface area contributed by atoms with Crippen LogP contribution in [-0.2, 0) is 16.1 Å². The number of ether oxygens (including phenoxy) is 2. The molecule has 8 nitrogen and oxygen atoms in total. The van der Waals surface area contributed by atoms with E-state index in [9.17, 15) is 14.4 Å². The van der Waals surface area contributed by atoms with Crippen LogP contribution in [0.4, 0.5) is 5.69 Å². The summed E-state index contributed by atoms with van der Waals surface area (Å²) in [5.41, 5.74) is 1.64. The minimum atomic E-state index is -0.721. The summed E-state index contributed by atoms with van der Waals surface area (Å²) in [4.78, 5) is 38.8. The van der Waals surface area contributed by atoms with E-state index in [2.05, 4.69) is 10.6 Å². The van der Waals surface area contributed by atoms with Crippen molar-refractivity contribution < 1.29 is 23.9 Å². The SMILES string of the molecule is CC1NC(=O)c2ccccc2N(CC(=O)NCc2ccc3c(c2)OCO3)C1=O. The first-order valence-corrected chi connectivity index (χ1v) is 8.89. The summed E-state index contributed by atoms with van der Waals surface area (Å²) in [5, 5.41) is 5.45. The van der Waals surface area contributed by atoms with Gasteiger partial charge in [0.25, 0.3) is 5.91 Å². The second kappa shape index (κ2) is 7.22. The second-order valence-corrected chi connectivity index (χ2v) is 6.60. The summed E-state index contributed by atoms with van der Waals surface area (Å²) >= 11 is 0. The van der Waals surface area contributed by atoms with Crippen LogP contribution in [0.15, 0.2) is 42.5 Å². The molecule has 2 aromatic rings. The Balaban J connectivity index is 1.47. The lowest BCUT2D eigenvalue weighted by Gasteiger charge is -2.23. The van der Waals surface area contributed by atoms with E-state index in [0.717, 1.165) is 5.56 Å². The number of fused-ring (bicyclic) bond motifs is 2. The van der Waals surface area contributed by atoms with Crippen molar-refractivity contribution in [3.05, 3.63) is 53.6 Å². The van der Waals surface area contributed by atoms with E-state index in [0.29, 0.717) is 22.7 Å². The molecular weight excluding hydrogens is 362 g/mol. The smallest absolute Gasteiger partial charge is 0.254 e. The summed E-state index contributed by atoms with van der Waals surface area (Å²) in [7, 11) is 0. The molecule has 0 spiro atoms. The van der Waals surface area contributed by atoms with Gasteiger partial charge in [-0.1, -0.05) is 18.2 Å². The Morgan fingerprint density at radius 2 is 1.96 bits per heavy atom. The number of carbonyl (C=O) groups is 3. The molecule has 0 saturated heterocycles. The average molecular weight is 381 g/mol. The summed E-state index contributed by atoms with van der Waals surface area (Å²) in [5.74, 6) is 0.313. The second-order valence-electron chi connectivity index (χ2n) is 6.60. The molecule has 2 heterocycles. The van der Waals surface area contributed by atoms with Crippen molar-refractivity contribution in [3.8, 4) is 11.5 Å². The van der Waals surface area contributed by atoms with Crippen molar-refractivity contribution in [3.63, 3.8) is 0 Å². The maximum atomic E-state index is 12.7. The monoisotopic (exact) mass is 381 g/mol. The fourth-order valence-electron chi connectivity index (χ4n) is 3.20. The molecule has 4 rings (SSSR count). The van der Waals surface area contributed by atoms with Crippen molar-refractivity contribution in [2.75, 3.05) is 18.2 Å². The molecule has 2 N–H and O–H groups in total. The Hall–Kier alpha value is -3.55. The van der Waals surface area contributed by atoms with Crippen LogP contribution in [0.1, 0.15) is 22.8 Å². The maximum Gasteiger partial charge on any atom is 0.254 e. The molecule has 28 heavy (non-hydrogen) atoms. The molecule has 0 saturated carbocycles. The summed E-state index contributed by atoms with van der Waals surface area (Å²) in [6.45, 7) is 1.89. The molecule has 2 aromatic carbocycles. The van der Waals surface area contributed by atoms with Crippen LogP contribution < -0.4 is 25.0 Å². The van der Waals surface area contributed by atoms with Crippen LogP contribution in [0, 0.1) is 0 Å². The fraction of sp³-hybridized carbons (Fsp3) is 0.250. The van der Waals surface area contributed by atoms with Crippen LogP contribution >= 0.6 is 0 Å². The fourth-order valence-corrected chi connectivity index (χ4v) is 3.20. The normalized spacial score (nSPS) is 17.6. The Kier molecular flexibility index (Phi) is 4.60. The van der Waals surface area contributed by atoms with Crippen molar-refractivity contribution in [1.29, 1.82) is 0 Å². The first kappa shape index (κ1) is 17.8. The molecular formula is C20H19N3O5. The lowest BCUT2D eigenvalue weighted by molar-refractivity contribution is -0.124. The van der Waals surface area contributed by atoms with Crippen molar-refractivity contribution in [2.24, 2.45) is 0 Å². The number of anilines is 1. The number of rotatable bonds is 4. The van der Waals surface area contributed by atoms with Gasteiger partial charge < -0.3 is 25.0 Å². The van der Waals surface area contributed by atoms with Gasteiger partial charge in [-0.25, -0.2) is 0 Å². The van der Waals surface area contributed by atoms with Gasteiger partial charge >= 0.3 is 0 Å². The molecule has 0 aliphatic carbocycles. The van der Waals surface area contributed by atoms with Gasteiger partial charge in [-0.15, -0.1) is 0 Å². The van der Waals surface area contributed by atoms with Crippen molar-refractivity contribution >= 4 is 23.4 Å². The van der Waals surface area contributed by atoms with Gasteiger partial charge in [0.15, 0.2) is 11.5 Å². The highest BCUT2D eigenvalue weighted by molar-refractivity contribution is 6.12. The highest BCUT2D eigenvalue weighted by Gasteiger charge is 2.32. The number of benzene rings is 2. The van der Waals surface area contributed by atoms with E-state index in [-0.39, 0.29) is 37.6 Å². The summed E-state index contributed by atoms with van der Waals surface area (Å²) in [6.07, 6.45) is 0. The van der Waals surface area contributed by atoms with Gasteiger partial charge in [-0.2, -0.15) is 0 Å². The first-order valence-electron chi connectivity index (χ1n) is 8.89. The number of hydrogen-bond acceptors (Lipinski definition) is 5. The van der Waals surface area contributed by atoms with Gasteiger partial charge in [0.2, 0.25) is 18.6 Å². The molecule has 2 aliphatic rings. The molecule has 1 atom stereocenters. The Bertz CT molecular complexity index is 959. The molecule has 1 unspecified atom stereocenters. The highest BCUT2D eigenvalue weighted by atomic mass is 16.7. The quantitative estimate of drug-likeness (QED) is 0.830. The van der Waals surface area contributed by atoms with E-state index < -0.39 is 6.04 Å². The van der Waals surface area contributed by atoms with E-state index in [1.165, 1.54) is 4.90 Å². The Morgan fingerprint density at radius 1 is 1.18 bits per heavy atom. The van der Waals surface area contributed by atoms with Gasteiger partial charge in [-0.05, 0) is 36.8 Å². The van der Waals surface area contributed by atoms with Crippen LogP contribution in [0.25, 0.3) is 0 Å². The molecule has 0 aromatic heterocycles. The highest BCUT2D eigenvalue weighted by Crippen LogP contribution is 2.32. The Morgan fingerprint density at radius 3 is 2.82 bits per heavy atom. The van der Waals surface area contributed by atoms with E-state index in [4.69, 9.17) is 9.47 Å². The van der Waals surface area contributed by atoms with E-state index in [1.54, 1.807) is 43.3 Å². The molecule has 3 amide bonds. The lowest BCUT2D eigenvalue weighted by atomic mass is 10.1. The molecule has 0 fully saturated rings. The predicted octanol–water partition coefficient (Wildman–Crippen LogP) is 1.20. The number of nitrogens with one attached hydrogen (secondary N) is 2. The maximum absolute atomic E-state index is 12.7. The zero-order valence-corrected chi connectivity index (χ0v) is 15.2. The zero-order valence-electron chi connectivity index (χ0n) is 15.2. The van der Waals surface area contributed by atoms with Gasteiger partial charge in [0.1, 0.15) is 12.6 Å². The van der Waals surface area contributed by atoms with Gasteiger partial charge in [0.05, 0.1) is 11.3 Å². The largest absolute Gasteiger partial charge is 0.454 e. The average Bonchev–Trinajstić information content (AvgIpc) is 3.14. The predicted molar refractivity (Wildman–Crippen MR) is 100 cm³/mol. The zero-order chi connectivity index (χ0) is 19.7. The van der Waals surface area contributed by atoms with E-state index in [1.807, 2.05) is 6.07 Å². The topological polar surface area (TPSA) is 97.0 Å². The summed E-state index contributed by atoms with van der Waals surface area (Å²) < 4.78 is 10.6. The van der Waals surface area contributed by atoms with Crippen molar-refractivity contribution in [2.45, 2.75) is 19.5 Å². The van der Waals surface area contributed by atoms with Crippen LogP contribution in [0.3, 0.4) is 0 Å². The number of hydrogen-bond donors (Lipinski definition) is 2. The number of nitrogens with zero attached hydrogens (tertiary/aromatic N) is 1. The number of amides is 3. The molecule has 0 radical (unpaired) electrons. The third kappa shape index (κ3) is 3.36. The minimum absolute atomic E-state index is 0.181. The lowest BCUT2D eigenvalue weighted by Crippen LogP contribution is -2.47. The third-order valence-electron chi connectivity index (χ3n) is 4.65.